The summed E-state index contributed by atoms with van der Waals surface area (Å²) in [7, 11) is -4.77. The van der Waals surface area contributed by atoms with Crippen molar-refractivity contribution in [1.29, 1.82) is 0 Å². The first-order valence-electron chi connectivity index (χ1n) is 12.8. The van der Waals surface area contributed by atoms with Crippen LogP contribution in [0.15, 0.2) is 12.3 Å². The summed E-state index contributed by atoms with van der Waals surface area (Å²) in [6, 6.07) is 0. The predicted octanol–water partition coefficient (Wildman–Crippen LogP) is 6.51. The molecule has 0 saturated carbocycles. The van der Waals surface area contributed by atoms with Crippen molar-refractivity contribution in [3.63, 3.8) is 0 Å². The fourth-order valence-electron chi connectivity index (χ4n) is 3.47. The lowest BCUT2D eigenvalue weighted by atomic mass is 10.0. The molecule has 0 aromatic carbocycles. The molecule has 0 spiro atoms. The number of carbonyl (C=O) groups is 2. The van der Waals surface area contributed by atoms with Crippen LogP contribution in [0.25, 0.3) is 0 Å². The van der Waals surface area contributed by atoms with Crippen molar-refractivity contribution in [3.8, 4) is 0 Å². The fourth-order valence-corrected chi connectivity index (χ4v) is 4.11. The molecule has 0 saturated heterocycles. The second-order valence-corrected chi connectivity index (χ2v) is 10.2. The minimum atomic E-state index is -4.77. The van der Waals surface area contributed by atoms with Crippen LogP contribution in [-0.2, 0) is 29.2 Å². The van der Waals surface area contributed by atoms with E-state index in [9.17, 15) is 22.6 Å². The van der Waals surface area contributed by atoms with Crippen molar-refractivity contribution < 1.29 is 32.0 Å². The average Bonchev–Trinajstić information content (AvgIpc) is 2.76. The lowest BCUT2D eigenvalue weighted by Crippen LogP contribution is -2.33. The molecule has 7 nitrogen and oxygen atoms in total. The minimum absolute atomic E-state index is 0.167. The number of allylic oxidation sites excluding steroid dienone is 1. The highest BCUT2D eigenvalue weighted by atomic mass is 32.2. The summed E-state index contributed by atoms with van der Waals surface area (Å²) in [5, 5.41) is -1.98. The fraction of sp³-hybridized carbons (Fsp3) is 0.840. The summed E-state index contributed by atoms with van der Waals surface area (Å²) in [4.78, 5) is 23.7. The molecule has 1 N–H and O–H groups in total. The molecule has 1 atom stereocenters. The number of hydrogen-bond donors (Lipinski definition) is 1. The van der Waals surface area contributed by atoms with Gasteiger partial charge < -0.3 is 9.47 Å². The van der Waals surface area contributed by atoms with Crippen LogP contribution in [0.2, 0.25) is 0 Å². The number of rotatable bonds is 22. The lowest BCUT2D eigenvalue weighted by Gasteiger charge is -2.11. The maximum absolute atomic E-state index is 11.9. The second-order valence-electron chi connectivity index (χ2n) is 8.59. The predicted molar refractivity (Wildman–Crippen MR) is 131 cm³/mol. The molecule has 0 radical (unpaired) electrons. The van der Waals surface area contributed by atoms with Gasteiger partial charge in [-0.15, -0.1) is 0 Å². The Balaban J connectivity index is 3.72. The normalized spacial score (nSPS) is 12.7. The largest absolute Gasteiger partial charge is 0.466 e. The molecule has 8 heteroatoms. The van der Waals surface area contributed by atoms with E-state index >= 15 is 0 Å². The van der Waals surface area contributed by atoms with Crippen LogP contribution in [0.4, 0.5) is 0 Å². The highest BCUT2D eigenvalue weighted by Gasteiger charge is 2.35. The first-order valence-corrected chi connectivity index (χ1v) is 14.3. The third kappa shape index (κ3) is 19.7. The lowest BCUT2D eigenvalue weighted by molar-refractivity contribution is -0.147. The molecular formula is C25H46O7S. The van der Waals surface area contributed by atoms with Crippen molar-refractivity contribution >= 4 is 22.1 Å². The van der Waals surface area contributed by atoms with E-state index < -0.39 is 33.7 Å². The maximum atomic E-state index is 11.9. The molecule has 0 rings (SSSR count). The van der Waals surface area contributed by atoms with Gasteiger partial charge in [-0.1, -0.05) is 104 Å². The third-order valence-electron chi connectivity index (χ3n) is 5.50. The molecule has 0 aliphatic rings. The van der Waals surface area contributed by atoms with Gasteiger partial charge in [0, 0.05) is 0 Å². The Bertz CT molecular complexity index is 629. The standard InChI is InChI=1S/C25H46O7S/c1-3-5-7-8-9-10-11-12-13-14-15-16-17-18-19-21-31-24(26)22-23(33(28,29)30)25(27)32-20-6-4-2/h6,20,23H,3-5,7-19,21-22H2,1-2H3,(H,28,29,30)/b20-6+. The Morgan fingerprint density at radius 3 is 1.67 bits per heavy atom. The average molecular weight is 491 g/mol. The van der Waals surface area contributed by atoms with Gasteiger partial charge in [-0.25, -0.2) is 0 Å². The SMILES string of the molecule is CC/C=C/OC(=O)C(CC(=O)OCCCCCCCCCCCCCCCCC)S(=O)(=O)O. The maximum Gasteiger partial charge on any atom is 0.332 e. The second kappa shape index (κ2) is 21.1. The van der Waals surface area contributed by atoms with Gasteiger partial charge in [0.2, 0.25) is 0 Å². The summed E-state index contributed by atoms with van der Waals surface area (Å²) in [5.41, 5.74) is 0. The van der Waals surface area contributed by atoms with E-state index in [0.717, 1.165) is 25.5 Å². The smallest absolute Gasteiger partial charge is 0.332 e. The van der Waals surface area contributed by atoms with E-state index in [2.05, 4.69) is 11.7 Å². The molecule has 0 amide bonds. The first kappa shape index (κ1) is 31.6. The van der Waals surface area contributed by atoms with Gasteiger partial charge in [0.25, 0.3) is 10.1 Å². The van der Waals surface area contributed by atoms with Crippen LogP contribution in [0.1, 0.15) is 123 Å². The first-order chi connectivity index (χ1) is 15.8. The molecule has 0 heterocycles. The van der Waals surface area contributed by atoms with E-state index in [0.29, 0.717) is 12.8 Å². The van der Waals surface area contributed by atoms with Crippen LogP contribution in [0.5, 0.6) is 0 Å². The van der Waals surface area contributed by atoms with Crippen molar-refractivity contribution in [3.05, 3.63) is 12.3 Å². The molecule has 0 aromatic rings. The summed E-state index contributed by atoms with van der Waals surface area (Å²) in [6.45, 7) is 4.22. The zero-order valence-electron chi connectivity index (χ0n) is 20.8. The van der Waals surface area contributed by atoms with Gasteiger partial charge in [0.1, 0.15) is 0 Å². The van der Waals surface area contributed by atoms with E-state index in [1.54, 1.807) is 6.92 Å². The molecule has 33 heavy (non-hydrogen) atoms. The summed E-state index contributed by atoms with van der Waals surface area (Å²) in [6.07, 6.45) is 20.9. The quantitative estimate of drug-likeness (QED) is 0.0797. The highest BCUT2D eigenvalue weighted by Crippen LogP contribution is 2.14. The Morgan fingerprint density at radius 2 is 1.24 bits per heavy atom. The van der Waals surface area contributed by atoms with E-state index in [1.165, 1.54) is 76.7 Å². The molecule has 1 unspecified atom stereocenters. The molecule has 0 bridgehead atoms. The molecule has 194 valence electrons. The Hall–Kier alpha value is -1.41. The van der Waals surface area contributed by atoms with Crippen LogP contribution < -0.4 is 0 Å². The molecule has 0 aliphatic heterocycles. The minimum Gasteiger partial charge on any atom is -0.466 e. The van der Waals surface area contributed by atoms with Gasteiger partial charge in [-0.05, 0) is 18.9 Å². The topological polar surface area (TPSA) is 107 Å². The van der Waals surface area contributed by atoms with Crippen molar-refractivity contribution in [2.24, 2.45) is 0 Å². The third-order valence-corrected chi connectivity index (χ3v) is 6.58. The summed E-state index contributed by atoms with van der Waals surface area (Å²) >= 11 is 0. The molecule has 0 aromatic heterocycles. The number of ether oxygens (including phenoxy) is 2. The number of carbonyl (C=O) groups excluding carboxylic acids is 2. The summed E-state index contributed by atoms with van der Waals surface area (Å²) in [5.74, 6) is -2.05. The van der Waals surface area contributed by atoms with E-state index in [1.807, 2.05) is 0 Å². The van der Waals surface area contributed by atoms with Crippen LogP contribution in [-0.4, -0.2) is 36.8 Å². The Labute approximate surface area is 201 Å². The monoisotopic (exact) mass is 490 g/mol. The zero-order chi connectivity index (χ0) is 24.8. The van der Waals surface area contributed by atoms with Crippen molar-refractivity contribution in [2.75, 3.05) is 6.61 Å². The van der Waals surface area contributed by atoms with Crippen molar-refractivity contribution in [1.82, 2.24) is 0 Å². The molecular weight excluding hydrogens is 444 g/mol. The number of unbranched alkanes of at least 4 members (excludes halogenated alkanes) is 14. The number of hydrogen-bond acceptors (Lipinski definition) is 6. The van der Waals surface area contributed by atoms with Crippen LogP contribution in [0.3, 0.4) is 0 Å². The van der Waals surface area contributed by atoms with Gasteiger partial charge in [-0.3, -0.25) is 14.1 Å². The Morgan fingerprint density at radius 1 is 0.788 bits per heavy atom. The van der Waals surface area contributed by atoms with Crippen LogP contribution in [0, 0.1) is 0 Å². The molecule has 0 aliphatic carbocycles. The van der Waals surface area contributed by atoms with Gasteiger partial charge in [0.05, 0.1) is 19.3 Å². The van der Waals surface area contributed by atoms with E-state index in [4.69, 9.17) is 4.74 Å². The number of esters is 2. The van der Waals surface area contributed by atoms with Crippen LogP contribution >= 0.6 is 0 Å². The van der Waals surface area contributed by atoms with Gasteiger partial charge >= 0.3 is 11.9 Å². The Kier molecular flexibility index (Phi) is 20.2. The van der Waals surface area contributed by atoms with E-state index in [-0.39, 0.29) is 6.61 Å². The highest BCUT2D eigenvalue weighted by molar-refractivity contribution is 7.87. The summed E-state index contributed by atoms with van der Waals surface area (Å²) < 4.78 is 41.6. The van der Waals surface area contributed by atoms with Gasteiger partial charge in [0.15, 0.2) is 5.25 Å². The molecule has 0 fully saturated rings. The van der Waals surface area contributed by atoms with Crippen molar-refractivity contribution in [2.45, 2.75) is 128 Å². The zero-order valence-corrected chi connectivity index (χ0v) is 21.6. The van der Waals surface area contributed by atoms with Gasteiger partial charge in [-0.2, -0.15) is 8.42 Å².